The standard InChI is InChI=1S/C14H17N5O3/c1-14(15)2-4-19(5-3-14)12(21)8-6-9-10(16-7-8)17-13(22)18-11(9)20/h6-7H,2-5,15H2,1H3,(H2,16,17,18,20,22). The molecule has 3 rings (SSSR count). The van der Waals surface area contributed by atoms with Crippen LogP contribution in [0.15, 0.2) is 21.9 Å². The molecule has 116 valence electrons. The minimum atomic E-state index is -0.623. The van der Waals surface area contributed by atoms with E-state index in [-0.39, 0.29) is 22.5 Å². The Labute approximate surface area is 125 Å². The molecule has 1 aliphatic rings. The number of piperidine rings is 1. The molecule has 8 heteroatoms. The second kappa shape index (κ2) is 5.06. The van der Waals surface area contributed by atoms with Crippen molar-refractivity contribution in [1.82, 2.24) is 19.9 Å². The Morgan fingerprint density at radius 2 is 2.00 bits per heavy atom. The van der Waals surface area contributed by atoms with E-state index < -0.39 is 11.2 Å². The van der Waals surface area contributed by atoms with Crippen molar-refractivity contribution in [3.63, 3.8) is 0 Å². The van der Waals surface area contributed by atoms with E-state index >= 15 is 0 Å². The van der Waals surface area contributed by atoms with E-state index in [2.05, 4.69) is 15.0 Å². The highest BCUT2D eigenvalue weighted by atomic mass is 16.2. The summed E-state index contributed by atoms with van der Waals surface area (Å²) in [5.74, 6) is -0.185. The van der Waals surface area contributed by atoms with E-state index in [4.69, 9.17) is 5.73 Å². The lowest BCUT2D eigenvalue weighted by atomic mass is 9.91. The second-order valence-electron chi connectivity index (χ2n) is 5.97. The lowest BCUT2D eigenvalue weighted by Crippen LogP contribution is -2.49. The van der Waals surface area contributed by atoms with Crippen LogP contribution in [0.5, 0.6) is 0 Å². The summed E-state index contributed by atoms with van der Waals surface area (Å²) in [6.07, 6.45) is 2.83. The molecule has 0 bridgehead atoms. The highest BCUT2D eigenvalue weighted by Gasteiger charge is 2.29. The van der Waals surface area contributed by atoms with Gasteiger partial charge < -0.3 is 10.6 Å². The first-order valence-corrected chi connectivity index (χ1v) is 7.06. The van der Waals surface area contributed by atoms with Crippen molar-refractivity contribution < 1.29 is 4.79 Å². The maximum atomic E-state index is 12.5. The maximum absolute atomic E-state index is 12.5. The minimum absolute atomic E-state index is 0.165. The fourth-order valence-electron chi connectivity index (χ4n) is 2.57. The molecule has 1 saturated heterocycles. The topological polar surface area (TPSA) is 125 Å². The van der Waals surface area contributed by atoms with Gasteiger partial charge in [-0.15, -0.1) is 0 Å². The second-order valence-corrected chi connectivity index (χ2v) is 5.97. The zero-order valence-electron chi connectivity index (χ0n) is 12.2. The molecule has 0 atom stereocenters. The molecule has 0 radical (unpaired) electrons. The Kier molecular flexibility index (Phi) is 3.32. The number of aromatic nitrogens is 3. The maximum Gasteiger partial charge on any atom is 0.327 e. The summed E-state index contributed by atoms with van der Waals surface area (Å²) in [5.41, 5.74) is 5.12. The molecular weight excluding hydrogens is 286 g/mol. The number of hydrogen-bond donors (Lipinski definition) is 3. The van der Waals surface area contributed by atoms with Gasteiger partial charge in [-0.05, 0) is 25.8 Å². The molecule has 1 amide bonds. The highest BCUT2D eigenvalue weighted by Crippen LogP contribution is 2.20. The lowest BCUT2D eigenvalue weighted by molar-refractivity contribution is 0.0681. The average Bonchev–Trinajstić information content (AvgIpc) is 2.46. The summed E-state index contributed by atoms with van der Waals surface area (Å²) < 4.78 is 0. The number of nitrogens with one attached hydrogen (secondary N) is 2. The number of amides is 1. The van der Waals surface area contributed by atoms with Crippen LogP contribution in [-0.4, -0.2) is 44.4 Å². The molecule has 8 nitrogen and oxygen atoms in total. The molecule has 0 aromatic carbocycles. The summed E-state index contributed by atoms with van der Waals surface area (Å²) in [4.78, 5) is 45.7. The van der Waals surface area contributed by atoms with Gasteiger partial charge in [0, 0.05) is 24.8 Å². The van der Waals surface area contributed by atoms with E-state index in [0.29, 0.717) is 18.7 Å². The molecule has 22 heavy (non-hydrogen) atoms. The van der Waals surface area contributed by atoms with E-state index in [1.54, 1.807) is 4.90 Å². The van der Waals surface area contributed by atoms with Gasteiger partial charge in [-0.3, -0.25) is 19.6 Å². The van der Waals surface area contributed by atoms with Crippen LogP contribution >= 0.6 is 0 Å². The number of pyridine rings is 1. The number of nitrogens with zero attached hydrogens (tertiary/aromatic N) is 2. The van der Waals surface area contributed by atoms with Crippen LogP contribution in [0.2, 0.25) is 0 Å². The van der Waals surface area contributed by atoms with Gasteiger partial charge in [-0.25, -0.2) is 9.78 Å². The van der Waals surface area contributed by atoms with Crippen LogP contribution in [-0.2, 0) is 0 Å². The van der Waals surface area contributed by atoms with E-state index in [0.717, 1.165) is 12.8 Å². The number of fused-ring (bicyclic) bond motifs is 1. The number of hydrogen-bond acceptors (Lipinski definition) is 5. The number of carbonyl (C=O) groups excluding carboxylic acids is 1. The monoisotopic (exact) mass is 303 g/mol. The van der Waals surface area contributed by atoms with Crippen molar-refractivity contribution in [2.75, 3.05) is 13.1 Å². The molecule has 2 aromatic heterocycles. The predicted molar refractivity (Wildman–Crippen MR) is 80.7 cm³/mol. The van der Waals surface area contributed by atoms with Crippen molar-refractivity contribution in [3.8, 4) is 0 Å². The zero-order valence-corrected chi connectivity index (χ0v) is 12.2. The molecule has 1 aliphatic heterocycles. The van der Waals surface area contributed by atoms with Crippen LogP contribution in [0.4, 0.5) is 0 Å². The molecule has 0 unspecified atom stereocenters. The quantitative estimate of drug-likeness (QED) is 0.659. The number of nitrogens with two attached hydrogens (primary N) is 1. The van der Waals surface area contributed by atoms with E-state index in [1.165, 1.54) is 12.3 Å². The van der Waals surface area contributed by atoms with Crippen molar-refractivity contribution in [1.29, 1.82) is 0 Å². The van der Waals surface area contributed by atoms with Gasteiger partial charge in [0.25, 0.3) is 11.5 Å². The molecule has 0 spiro atoms. The first kappa shape index (κ1) is 14.5. The average molecular weight is 303 g/mol. The van der Waals surface area contributed by atoms with Crippen molar-refractivity contribution >= 4 is 16.9 Å². The highest BCUT2D eigenvalue weighted by molar-refractivity contribution is 5.96. The van der Waals surface area contributed by atoms with Gasteiger partial charge >= 0.3 is 5.69 Å². The Balaban J connectivity index is 1.92. The molecule has 1 fully saturated rings. The molecule has 0 aliphatic carbocycles. The Morgan fingerprint density at radius 3 is 2.68 bits per heavy atom. The van der Waals surface area contributed by atoms with Gasteiger partial charge in [0.05, 0.1) is 10.9 Å². The first-order chi connectivity index (χ1) is 10.4. The van der Waals surface area contributed by atoms with Crippen molar-refractivity contribution in [3.05, 3.63) is 38.7 Å². The predicted octanol–water partition coefficient (Wildman–Crippen LogP) is -0.435. The summed E-state index contributed by atoms with van der Waals surface area (Å²) in [6, 6.07) is 1.45. The summed E-state index contributed by atoms with van der Waals surface area (Å²) >= 11 is 0. The van der Waals surface area contributed by atoms with E-state index in [9.17, 15) is 14.4 Å². The van der Waals surface area contributed by atoms with Crippen LogP contribution in [0.3, 0.4) is 0 Å². The molecular formula is C14H17N5O3. The molecule has 4 N–H and O–H groups in total. The Hall–Kier alpha value is -2.48. The fourth-order valence-corrected chi connectivity index (χ4v) is 2.57. The number of aromatic amines is 2. The van der Waals surface area contributed by atoms with Crippen LogP contribution in [0.1, 0.15) is 30.1 Å². The van der Waals surface area contributed by atoms with Gasteiger partial charge in [-0.1, -0.05) is 0 Å². The molecule has 3 heterocycles. The smallest absolute Gasteiger partial charge is 0.327 e. The van der Waals surface area contributed by atoms with Crippen LogP contribution < -0.4 is 17.0 Å². The number of H-pyrrole nitrogens is 2. The summed E-state index contributed by atoms with van der Waals surface area (Å²) in [7, 11) is 0. The normalized spacial score (nSPS) is 17.6. The van der Waals surface area contributed by atoms with Gasteiger partial charge in [-0.2, -0.15) is 0 Å². The van der Waals surface area contributed by atoms with Crippen LogP contribution in [0, 0.1) is 0 Å². The van der Waals surface area contributed by atoms with Gasteiger partial charge in [0.2, 0.25) is 0 Å². The number of carbonyl (C=O) groups is 1. The number of likely N-dealkylation sites (tertiary alicyclic amines) is 1. The van der Waals surface area contributed by atoms with Crippen LogP contribution in [0.25, 0.3) is 11.0 Å². The van der Waals surface area contributed by atoms with Gasteiger partial charge in [0.15, 0.2) is 0 Å². The first-order valence-electron chi connectivity index (χ1n) is 7.06. The summed E-state index contributed by atoms with van der Waals surface area (Å²) in [5, 5.41) is 0.186. The SMILES string of the molecule is CC1(N)CCN(C(=O)c2cnc3[nH]c(=O)[nH]c(=O)c3c2)CC1. The minimum Gasteiger partial charge on any atom is -0.338 e. The molecule has 0 saturated carbocycles. The largest absolute Gasteiger partial charge is 0.338 e. The Bertz CT molecular complexity index is 841. The lowest BCUT2D eigenvalue weighted by Gasteiger charge is -2.36. The zero-order chi connectivity index (χ0) is 15.9. The third-order valence-electron chi connectivity index (χ3n) is 4.03. The number of rotatable bonds is 1. The van der Waals surface area contributed by atoms with E-state index in [1.807, 2.05) is 6.92 Å². The third kappa shape index (κ3) is 2.64. The van der Waals surface area contributed by atoms with Crippen molar-refractivity contribution in [2.45, 2.75) is 25.3 Å². The third-order valence-corrected chi connectivity index (χ3v) is 4.03. The molecule has 2 aromatic rings. The van der Waals surface area contributed by atoms with Crippen molar-refractivity contribution in [2.24, 2.45) is 5.73 Å². The summed E-state index contributed by atoms with van der Waals surface area (Å²) in [6.45, 7) is 3.12. The fraction of sp³-hybridized carbons (Fsp3) is 0.429. The van der Waals surface area contributed by atoms with Gasteiger partial charge in [0.1, 0.15) is 5.65 Å². The Morgan fingerprint density at radius 1 is 1.32 bits per heavy atom.